The second-order valence-corrected chi connectivity index (χ2v) is 5.09. The molecule has 3 heteroatoms. The van der Waals surface area contributed by atoms with Crippen LogP contribution in [-0.2, 0) is 13.0 Å². The topological polar surface area (TPSA) is 36.4 Å². The Morgan fingerprint density at radius 3 is 2.79 bits per heavy atom. The lowest BCUT2D eigenvalue weighted by molar-refractivity contribution is 0.222. The quantitative estimate of drug-likeness (QED) is 0.912. The van der Waals surface area contributed by atoms with Crippen LogP contribution in [0.5, 0.6) is 0 Å². The summed E-state index contributed by atoms with van der Waals surface area (Å²) in [6.45, 7) is 1.99. The molecule has 2 heterocycles. The van der Waals surface area contributed by atoms with Crippen LogP contribution < -0.4 is 4.90 Å². The van der Waals surface area contributed by atoms with Crippen molar-refractivity contribution in [2.75, 3.05) is 18.1 Å². The third-order valence-corrected chi connectivity index (χ3v) is 3.64. The van der Waals surface area contributed by atoms with Crippen LogP contribution >= 0.6 is 0 Å². The number of benzene rings is 1. The number of hydrogen-bond donors (Lipinski definition) is 1. The monoisotopic (exact) mass is 254 g/mol. The van der Waals surface area contributed by atoms with Crippen LogP contribution in [-0.4, -0.2) is 23.2 Å². The second-order valence-electron chi connectivity index (χ2n) is 5.09. The molecule has 1 N–H and O–H groups in total. The number of rotatable bonds is 3. The van der Waals surface area contributed by atoms with Gasteiger partial charge in [-0.05, 0) is 24.1 Å². The number of hydrogen-bond acceptors (Lipinski definition) is 3. The molecule has 0 saturated carbocycles. The molecule has 0 spiro atoms. The maximum Gasteiger partial charge on any atom is 0.0641 e. The molecule has 1 aliphatic rings. The number of aliphatic hydroxyl groups is 1. The highest BCUT2D eigenvalue weighted by Gasteiger charge is 2.24. The zero-order valence-electron chi connectivity index (χ0n) is 10.9. The molecule has 1 aliphatic heterocycles. The summed E-state index contributed by atoms with van der Waals surface area (Å²) in [6, 6.07) is 14.5. The number of fused-ring (bicyclic) bond motifs is 1. The maximum absolute atomic E-state index is 9.45. The van der Waals surface area contributed by atoms with Crippen LogP contribution in [0.15, 0.2) is 48.7 Å². The van der Waals surface area contributed by atoms with Crippen molar-refractivity contribution in [3.05, 3.63) is 59.9 Å². The Labute approximate surface area is 113 Å². The smallest absolute Gasteiger partial charge is 0.0641 e. The van der Waals surface area contributed by atoms with Gasteiger partial charge in [-0.1, -0.05) is 30.3 Å². The Morgan fingerprint density at radius 2 is 2.00 bits per heavy atom. The van der Waals surface area contributed by atoms with Crippen molar-refractivity contribution in [2.24, 2.45) is 5.92 Å². The molecule has 1 aromatic heterocycles. The molecule has 1 atom stereocenters. The number of anilines is 1. The van der Waals surface area contributed by atoms with E-state index in [4.69, 9.17) is 0 Å². The van der Waals surface area contributed by atoms with Crippen LogP contribution in [0.25, 0.3) is 0 Å². The van der Waals surface area contributed by atoms with Gasteiger partial charge in [0.05, 0.1) is 11.4 Å². The largest absolute Gasteiger partial charge is 0.396 e. The van der Waals surface area contributed by atoms with Crippen molar-refractivity contribution >= 4 is 5.69 Å². The Morgan fingerprint density at radius 1 is 1.16 bits per heavy atom. The van der Waals surface area contributed by atoms with E-state index in [1.807, 2.05) is 18.3 Å². The lowest BCUT2D eigenvalue weighted by Crippen LogP contribution is -2.36. The van der Waals surface area contributed by atoms with Crippen LogP contribution in [0.2, 0.25) is 0 Å². The van der Waals surface area contributed by atoms with Gasteiger partial charge >= 0.3 is 0 Å². The lowest BCUT2D eigenvalue weighted by atomic mass is 9.96. The molecule has 0 amide bonds. The minimum absolute atomic E-state index is 0.224. The van der Waals surface area contributed by atoms with Gasteiger partial charge in [0.2, 0.25) is 0 Å². The average Bonchev–Trinajstić information content (AvgIpc) is 2.48. The van der Waals surface area contributed by atoms with Crippen LogP contribution in [0.1, 0.15) is 11.3 Å². The normalized spacial score (nSPS) is 18.2. The van der Waals surface area contributed by atoms with E-state index in [2.05, 4.69) is 40.2 Å². The standard InChI is InChI=1S/C16H18N2O/c19-12-14-9-15-16(7-4-8-17-15)18(11-14)10-13-5-2-1-3-6-13/h1-8,14,19H,9-12H2. The third kappa shape index (κ3) is 2.61. The lowest BCUT2D eigenvalue weighted by Gasteiger charge is -2.34. The van der Waals surface area contributed by atoms with Crippen molar-refractivity contribution in [3.8, 4) is 0 Å². The highest BCUT2D eigenvalue weighted by atomic mass is 16.3. The summed E-state index contributed by atoms with van der Waals surface area (Å²) in [5.74, 6) is 0.283. The molecular weight excluding hydrogens is 236 g/mol. The van der Waals surface area contributed by atoms with Gasteiger partial charge in [-0.2, -0.15) is 0 Å². The van der Waals surface area contributed by atoms with Gasteiger partial charge in [-0.15, -0.1) is 0 Å². The number of nitrogens with zero attached hydrogens (tertiary/aromatic N) is 2. The Hall–Kier alpha value is -1.87. The SMILES string of the molecule is OCC1Cc2ncccc2N(Cc2ccccc2)C1. The van der Waals surface area contributed by atoms with Crippen molar-refractivity contribution < 1.29 is 5.11 Å². The average molecular weight is 254 g/mol. The van der Waals surface area contributed by atoms with Crippen molar-refractivity contribution in [1.29, 1.82) is 0 Å². The zero-order valence-corrected chi connectivity index (χ0v) is 10.9. The first-order chi connectivity index (χ1) is 9.36. The summed E-state index contributed by atoms with van der Waals surface area (Å²) < 4.78 is 0. The van der Waals surface area contributed by atoms with Gasteiger partial charge in [0, 0.05) is 31.8 Å². The Balaban J connectivity index is 1.88. The first-order valence-corrected chi connectivity index (χ1v) is 6.70. The molecule has 19 heavy (non-hydrogen) atoms. The van der Waals surface area contributed by atoms with E-state index < -0.39 is 0 Å². The van der Waals surface area contributed by atoms with E-state index in [-0.39, 0.29) is 12.5 Å². The molecule has 1 unspecified atom stereocenters. The molecule has 1 aromatic carbocycles. The Kier molecular flexibility index (Phi) is 3.47. The number of aromatic nitrogens is 1. The highest BCUT2D eigenvalue weighted by molar-refractivity contribution is 5.53. The second kappa shape index (κ2) is 5.41. The summed E-state index contributed by atoms with van der Waals surface area (Å²) in [4.78, 5) is 6.78. The predicted octanol–water partition coefficient (Wildman–Crippen LogP) is 2.25. The molecule has 0 aliphatic carbocycles. The highest BCUT2D eigenvalue weighted by Crippen LogP contribution is 2.29. The fourth-order valence-electron chi connectivity index (χ4n) is 2.70. The van der Waals surface area contributed by atoms with E-state index >= 15 is 0 Å². The summed E-state index contributed by atoms with van der Waals surface area (Å²) in [5.41, 5.74) is 3.59. The minimum Gasteiger partial charge on any atom is -0.396 e. The van der Waals surface area contributed by atoms with Gasteiger partial charge in [0.15, 0.2) is 0 Å². The van der Waals surface area contributed by atoms with Crippen LogP contribution in [0.3, 0.4) is 0 Å². The van der Waals surface area contributed by atoms with Crippen molar-refractivity contribution in [1.82, 2.24) is 4.98 Å². The summed E-state index contributed by atoms with van der Waals surface area (Å²) >= 11 is 0. The molecular formula is C16H18N2O. The summed E-state index contributed by atoms with van der Waals surface area (Å²) in [6.07, 6.45) is 2.71. The fraction of sp³-hybridized carbons (Fsp3) is 0.312. The third-order valence-electron chi connectivity index (χ3n) is 3.64. The number of aliphatic hydroxyl groups excluding tert-OH is 1. The van der Waals surface area contributed by atoms with Crippen molar-refractivity contribution in [3.63, 3.8) is 0 Å². The molecule has 0 saturated heterocycles. The zero-order chi connectivity index (χ0) is 13.1. The van der Waals surface area contributed by atoms with E-state index in [0.717, 1.165) is 25.2 Å². The first kappa shape index (κ1) is 12.2. The van der Waals surface area contributed by atoms with E-state index in [9.17, 15) is 5.11 Å². The van der Waals surface area contributed by atoms with Crippen molar-refractivity contribution in [2.45, 2.75) is 13.0 Å². The molecule has 0 radical (unpaired) electrons. The van der Waals surface area contributed by atoms with Crippen LogP contribution in [0.4, 0.5) is 5.69 Å². The molecule has 3 nitrogen and oxygen atoms in total. The van der Waals surface area contributed by atoms with E-state index in [0.29, 0.717) is 0 Å². The van der Waals surface area contributed by atoms with Crippen LogP contribution in [0, 0.1) is 5.92 Å². The molecule has 0 bridgehead atoms. The minimum atomic E-state index is 0.224. The summed E-state index contributed by atoms with van der Waals surface area (Å²) in [5, 5.41) is 9.45. The van der Waals surface area contributed by atoms with Gasteiger partial charge < -0.3 is 10.0 Å². The molecule has 98 valence electrons. The van der Waals surface area contributed by atoms with E-state index in [1.165, 1.54) is 11.3 Å². The maximum atomic E-state index is 9.45. The molecule has 2 aromatic rings. The molecule has 3 rings (SSSR count). The summed E-state index contributed by atoms with van der Waals surface area (Å²) in [7, 11) is 0. The van der Waals surface area contributed by atoms with E-state index in [1.54, 1.807) is 0 Å². The number of pyridine rings is 1. The van der Waals surface area contributed by atoms with Gasteiger partial charge in [-0.3, -0.25) is 4.98 Å². The first-order valence-electron chi connectivity index (χ1n) is 6.70. The van der Waals surface area contributed by atoms with Gasteiger partial charge in [0.1, 0.15) is 0 Å². The van der Waals surface area contributed by atoms with Gasteiger partial charge in [0.25, 0.3) is 0 Å². The molecule has 0 fully saturated rings. The fourth-order valence-corrected chi connectivity index (χ4v) is 2.70. The predicted molar refractivity (Wildman–Crippen MR) is 76.0 cm³/mol. The Bertz CT molecular complexity index is 541. The van der Waals surface area contributed by atoms with Gasteiger partial charge in [-0.25, -0.2) is 0 Å².